The number of rotatable bonds is 5. The lowest BCUT2D eigenvalue weighted by atomic mass is 9.81. The smallest absolute Gasteiger partial charge is 0.166 e. The molecule has 3 nitrogen and oxygen atoms in total. The first kappa shape index (κ1) is 17.7. The highest BCUT2D eigenvalue weighted by atomic mass is 32.1. The van der Waals surface area contributed by atoms with Gasteiger partial charge in [0.1, 0.15) is 0 Å². The van der Waals surface area contributed by atoms with Gasteiger partial charge in [0.25, 0.3) is 0 Å². The molecule has 1 aromatic rings. The summed E-state index contributed by atoms with van der Waals surface area (Å²) in [5, 5.41) is 7.78. The second-order valence-electron chi connectivity index (χ2n) is 7.98. The van der Waals surface area contributed by atoms with E-state index >= 15 is 0 Å². The van der Waals surface area contributed by atoms with Gasteiger partial charge in [-0.3, -0.25) is 0 Å². The lowest BCUT2D eigenvalue weighted by molar-refractivity contribution is -0.963. The molecule has 1 aromatic carbocycles. The summed E-state index contributed by atoms with van der Waals surface area (Å²) in [4.78, 5) is 1.87. The Bertz CT molecular complexity index is 517. The number of benzene rings is 1. The van der Waals surface area contributed by atoms with Crippen LogP contribution >= 0.6 is 12.2 Å². The van der Waals surface area contributed by atoms with Crippen molar-refractivity contribution in [2.45, 2.75) is 70.6 Å². The summed E-state index contributed by atoms with van der Waals surface area (Å²) < 4.78 is 0. The fraction of sp³-hybridized carbons (Fsp3) is 0.650. The molecule has 2 bridgehead atoms. The molecule has 24 heavy (non-hydrogen) atoms. The molecule has 132 valence electrons. The van der Waals surface area contributed by atoms with Crippen LogP contribution in [0.1, 0.15) is 51.5 Å². The largest absolute Gasteiger partial charge is 0.360 e. The zero-order valence-corrected chi connectivity index (χ0v) is 15.9. The fourth-order valence-corrected chi connectivity index (χ4v) is 4.81. The maximum absolute atomic E-state index is 5.54. The van der Waals surface area contributed by atoms with Crippen molar-refractivity contribution in [1.29, 1.82) is 0 Å². The van der Waals surface area contributed by atoms with Crippen LogP contribution in [0.2, 0.25) is 0 Å². The van der Waals surface area contributed by atoms with Crippen LogP contribution in [0.15, 0.2) is 30.3 Å². The molecule has 3 rings (SSSR count). The second-order valence-corrected chi connectivity index (χ2v) is 8.39. The lowest BCUT2D eigenvalue weighted by Crippen LogP contribution is -3.21. The molecule has 0 radical (unpaired) electrons. The number of piperidine rings is 2. The van der Waals surface area contributed by atoms with Crippen molar-refractivity contribution in [2.24, 2.45) is 5.92 Å². The Morgan fingerprint density at radius 3 is 2.46 bits per heavy atom. The van der Waals surface area contributed by atoms with Gasteiger partial charge in [-0.1, -0.05) is 44.2 Å². The van der Waals surface area contributed by atoms with E-state index in [-0.39, 0.29) is 0 Å². The quantitative estimate of drug-likeness (QED) is 0.715. The molecule has 2 fully saturated rings. The van der Waals surface area contributed by atoms with Crippen LogP contribution < -0.4 is 15.5 Å². The Kier molecular flexibility index (Phi) is 6.12. The highest BCUT2D eigenvalue weighted by molar-refractivity contribution is 7.80. The molecule has 2 saturated heterocycles. The Morgan fingerprint density at radius 1 is 1.17 bits per heavy atom. The van der Waals surface area contributed by atoms with Crippen LogP contribution in [-0.4, -0.2) is 29.8 Å². The Labute approximate surface area is 152 Å². The third kappa shape index (κ3) is 4.70. The summed E-state index contributed by atoms with van der Waals surface area (Å²) in [6.45, 7) is 6.85. The van der Waals surface area contributed by atoms with Gasteiger partial charge in [-0.2, -0.15) is 0 Å². The van der Waals surface area contributed by atoms with E-state index in [9.17, 15) is 0 Å². The van der Waals surface area contributed by atoms with E-state index in [4.69, 9.17) is 12.2 Å². The maximum Gasteiger partial charge on any atom is 0.166 e. The normalized spacial score (nSPS) is 29.3. The van der Waals surface area contributed by atoms with Crippen molar-refractivity contribution >= 4 is 17.3 Å². The maximum atomic E-state index is 5.54. The third-order valence-electron chi connectivity index (χ3n) is 5.57. The minimum atomic E-state index is 0.548. The van der Waals surface area contributed by atoms with Crippen molar-refractivity contribution in [2.75, 3.05) is 6.54 Å². The molecule has 2 aliphatic rings. The number of quaternary nitrogens is 1. The number of hydrogen-bond donors (Lipinski definition) is 3. The number of hydrogen-bond acceptors (Lipinski definition) is 1. The molecule has 0 aliphatic carbocycles. The molecule has 2 aliphatic heterocycles. The van der Waals surface area contributed by atoms with Gasteiger partial charge in [0.15, 0.2) is 5.11 Å². The Morgan fingerprint density at radius 2 is 1.83 bits per heavy atom. The standard InChI is InChI=1S/C20H31N3S/c1-15(2)14-23-18-9-6-10-19(23)12-17(11-18)22-20(24)21-13-16-7-4-3-5-8-16/h3-5,7-8,15,17-19H,6,9-14H2,1-2H3,(H2,21,22,24)/p+1/t17?,18-,19+. The SMILES string of the molecule is CC(C)C[NH+]1[C@@H]2CCC[C@H]1CC(NC(=S)NCc1ccccc1)C2. The van der Waals surface area contributed by atoms with Crippen molar-refractivity contribution in [3.8, 4) is 0 Å². The van der Waals surface area contributed by atoms with Gasteiger partial charge in [-0.25, -0.2) is 0 Å². The van der Waals surface area contributed by atoms with E-state index in [1.54, 1.807) is 0 Å². The van der Waals surface area contributed by atoms with E-state index < -0.39 is 0 Å². The zero-order chi connectivity index (χ0) is 16.9. The van der Waals surface area contributed by atoms with Gasteiger partial charge in [-0.05, 0) is 37.0 Å². The predicted octanol–water partition coefficient (Wildman–Crippen LogP) is 2.28. The average molecular weight is 347 g/mol. The first-order valence-corrected chi connectivity index (χ1v) is 9.96. The summed E-state index contributed by atoms with van der Waals surface area (Å²) in [6, 6.07) is 12.7. The minimum absolute atomic E-state index is 0.548. The van der Waals surface area contributed by atoms with E-state index in [0.717, 1.165) is 29.7 Å². The molecule has 4 atom stereocenters. The van der Waals surface area contributed by atoms with Crippen molar-refractivity contribution in [3.63, 3.8) is 0 Å². The highest BCUT2D eigenvalue weighted by Crippen LogP contribution is 2.22. The molecule has 2 heterocycles. The van der Waals surface area contributed by atoms with Gasteiger partial charge >= 0.3 is 0 Å². The van der Waals surface area contributed by atoms with Gasteiger partial charge in [0.05, 0.1) is 18.6 Å². The lowest BCUT2D eigenvalue weighted by Gasteiger charge is -2.46. The Hall–Kier alpha value is -1.13. The van der Waals surface area contributed by atoms with E-state index in [2.05, 4.69) is 48.7 Å². The van der Waals surface area contributed by atoms with E-state index in [1.807, 2.05) is 11.0 Å². The van der Waals surface area contributed by atoms with Gasteiger partial charge < -0.3 is 15.5 Å². The zero-order valence-electron chi connectivity index (χ0n) is 15.1. The molecule has 0 spiro atoms. The summed E-state index contributed by atoms with van der Waals surface area (Å²) in [5.41, 5.74) is 1.27. The molecule has 0 aromatic heterocycles. The predicted molar refractivity (Wildman–Crippen MR) is 104 cm³/mol. The molecule has 0 amide bonds. The molecule has 3 N–H and O–H groups in total. The Balaban J connectivity index is 1.49. The van der Waals surface area contributed by atoms with Crippen LogP contribution in [0.4, 0.5) is 0 Å². The monoisotopic (exact) mass is 346 g/mol. The first-order chi connectivity index (χ1) is 11.6. The van der Waals surface area contributed by atoms with Crippen LogP contribution in [0.25, 0.3) is 0 Å². The highest BCUT2D eigenvalue weighted by Gasteiger charge is 2.41. The molecule has 4 heteroatoms. The van der Waals surface area contributed by atoms with Crippen LogP contribution in [-0.2, 0) is 6.54 Å². The van der Waals surface area contributed by atoms with Gasteiger partial charge in [-0.15, -0.1) is 0 Å². The number of fused-ring (bicyclic) bond motifs is 2. The summed E-state index contributed by atoms with van der Waals surface area (Å²) >= 11 is 5.54. The number of nitrogens with one attached hydrogen (secondary N) is 3. The average Bonchev–Trinajstić information content (AvgIpc) is 2.54. The third-order valence-corrected chi connectivity index (χ3v) is 5.83. The summed E-state index contributed by atoms with van der Waals surface area (Å²) in [7, 11) is 0. The van der Waals surface area contributed by atoms with Gasteiger partial charge in [0, 0.05) is 31.3 Å². The summed E-state index contributed by atoms with van der Waals surface area (Å²) in [6.07, 6.45) is 6.74. The number of thiocarbonyl (C=S) groups is 1. The first-order valence-electron chi connectivity index (χ1n) is 9.55. The molecular formula is C20H32N3S+. The second kappa shape index (κ2) is 8.30. The molecule has 2 unspecified atom stereocenters. The van der Waals surface area contributed by atoms with E-state index in [1.165, 1.54) is 44.2 Å². The van der Waals surface area contributed by atoms with Crippen LogP contribution in [0.5, 0.6) is 0 Å². The van der Waals surface area contributed by atoms with Crippen LogP contribution in [0, 0.1) is 5.92 Å². The van der Waals surface area contributed by atoms with Crippen molar-refractivity contribution in [1.82, 2.24) is 10.6 Å². The minimum Gasteiger partial charge on any atom is -0.360 e. The van der Waals surface area contributed by atoms with Crippen molar-refractivity contribution in [3.05, 3.63) is 35.9 Å². The van der Waals surface area contributed by atoms with Crippen molar-refractivity contribution < 1.29 is 4.90 Å². The molecule has 0 saturated carbocycles. The van der Waals surface area contributed by atoms with Gasteiger partial charge in [0.2, 0.25) is 0 Å². The summed E-state index contributed by atoms with van der Waals surface area (Å²) in [5.74, 6) is 0.793. The fourth-order valence-electron chi connectivity index (χ4n) is 4.57. The van der Waals surface area contributed by atoms with E-state index in [0.29, 0.717) is 6.04 Å². The topological polar surface area (TPSA) is 28.5 Å². The molecular weight excluding hydrogens is 314 g/mol. The van der Waals surface area contributed by atoms with Crippen LogP contribution in [0.3, 0.4) is 0 Å².